The minimum Gasteiger partial charge on any atom is -0.489 e. The molecule has 0 aliphatic carbocycles. The van der Waals surface area contributed by atoms with Crippen molar-refractivity contribution >= 4 is 10.9 Å². The molecule has 1 heterocycles. The SMILES string of the molecule is NCc1cccc(OCc2ccc3ncccc3c2)c1. The fourth-order valence-electron chi connectivity index (χ4n) is 2.14. The van der Waals surface area contributed by atoms with Crippen molar-refractivity contribution in [3.05, 3.63) is 71.9 Å². The topological polar surface area (TPSA) is 48.1 Å². The van der Waals surface area contributed by atoms with E-state index in [-0.39, 0.29) is 0 Å². The van der Waals surface area contributed by atoms with Crippen LogP contribution < -0.4 is 10.5 Å². The van der Waals surface area contributed by atoms with Crippen LogP contribution in [0.15, 0.2) is 60.8 Å². The van der Waals surface area contributed by atoms with Crippen molar-refractivity contribution in [2.75, 3.05) is 0 Å². The number of rotatable bonds is 4. The number of benzene rings is 2. The van der Waals surface area contributed by atoms with Crippen LogP contribution in [-0.2, 0) is 13.2 Å². The van der Waals surface area contributed by atoms with Gasteiger partial charge in [-0.15, -0.1) is 0 Å². The predicted octanol–water partition coefficient (Wildman–Crippen LogP) is 3.27. The Bertz CT molecular complexity index is 725. The van der Waals surface area contributed by atoms with Crippen LogP contribution in [0.3, 0.4) is 0 Å². The first kappa shape index (κ1) is 12.6. The summed E-state index contributed by atoms with van der Waals surface area (Å²) >= 11 is 0. The summed E-state index contributed by atoms with van der Waals surface area (Å²) in [5.41, 5.74) is 8.83. The smallest absolute Gasteiger partial charge is 0.120 e. The van der Waals surface area contributed by atoms with Gasteiger partial charge in [0.1, 0.15) is 12.4 Å². The summed E-state index contributed by atoms with van der Waals surface area (Å²) in [5, 5.41) is 1.13. The molecule has 1 aromatic heterocycles. The number of hydrogen-bond donors (Lipinski definition) is 1. The van der Waals surface area contributed by atoms with Crippen molar-refractivity contribution in [3.8, 4) is 5.75 Å². The lowest BCUT2D eigenvalue weighted by molar-refractivity contribution is 0.306. The van der Waals surface area contributed by atoms with Gasteiger partial charge in [0.25, 0.3) is 0 Å². The van der Waals surface area contributed by atoms with Crippen molar-refractivity contribution in [1.82, 2.24) is 4.98 Å². The molecule has 0 unspecified atom stereocenters. The second kappa shape index (κ2) is 5.72. The van der Waals surface area contributed by atoms with Gasteiger partial charge in [0.15, 0.2) is 0 Å². The van der Waals surface area contributed by atoms with Crippen molar-refractivity contribution in [2.24, 2.45) is 5.73 Å². The second-order valence-corrected chi connectivity index (χ2v) is 4.67. The first-order valence-corrected chi connectivity index (χ1v) is 6.60. The Kier molecular flexibility index (Phi) is 3.61. The molecule has 3 rings (SSSR count). The van der Waals surface area contributed by atoms with Gasteiger partial charge >= 0.3 is 0 Å². The standard InChI is InChI=1S/C17H16N2O/c18-11-13-3-1-5-16(10-13)20-12-14-6-7-17-15(9-14)4-2-8-19-17/h1-10H,11-12,18H2. The van der Waals surface area contributed by atoms with E-state index in [2.05, 4.69) is 17.1 Å². The third kappa shape index (κ3) is 2.78. The molecule has 0 spiro atoms. The van der Waals surface area contributed by atoms with Crippen LogP contribution >= 0.6 is 0 Å². The molecule has 100 valence electrons. The van der Waals surface area contributed by atoms with Gasteiger partial charge in [-0.05, 0) is 41.5 Å². The van der Waals surface area contributed by atoms with Crippen molar-refractivity contribution < 1.29 is 4.74 Å². The van der Waals surface area contributed by atoms with Gasteiger partial charge < -0.3 is 10.5 Å². The lowest BCUT2D eigenvalue weighted by atomic mass is 10.1. The number of pyridine rings is 1. The molecule has 3 heteroatoms. The summed E-state index contributed by atoms with van der Waals surface area (Å²) in [6.07, 6.45) is 1.80. The van der Waals surface area contributed by atoms with Crippen LogP contribution in [0.2, 0.25) is 0 Å². The highest BCUT2D eigenvalue weighted by atomic mass is 16.5. The fraction of sp³-hybridized carbons (Fsp3) is 0.118. The maximum Gasteiger partial charge on any atom is 0.120 e. The number of aromatic nitrogens is 1. The highest BCUT2D eigenvalue weighted by molar-refractivity contribution is 5.78. The van der Waals surface area contributed by atoms with E-state index in [1.807, 2.05) is 42.5 Å². The minimum atomic E-state index is 0.527. The summed E-state index contributed by atoms with van der Waals surface area (Å²) < 4.78 is 5.81. The molecule has 0 bridgehead atoms. The number of nitrogens with zero attached hydrogens (tertiary/aromatic N) is 1. The van der Waals surface area contributed by atoms with E-state index in [1.165, 1.54) is 0 Å². The molecule has 2 aromatic carbocycles. The lowest BCUT2D eigenvalue weighted by Crippen LogP contribution is -1.99. The number of nitrogens with two attached hydrogens (primary N) is 1. The summed E-state index contributed by atoms with van der Waals surface area (Å²) in [7, 11) is 0. The van der Waals surface area contributed by atoms with Gasteiger partial charge in [-0.25, -0.2) is 0 Å². The number of ether oxygens (including phenoxy) is 1. The molecule has 0 aliphatic rings. The molecule has 0 amide bonds. The summed E-state index contributed by atoms with van der Waals surface area (Å²) in [6.45, 7) is 1.07. The third-order valence-corrected chi connectivity index (χ3v) is 3.21. The summed E-state index contributed by atoms with van der Waals surface area (Å²) in [6, 6.07) is 18.0. The molecule has 2 N–H and O–H groups in total. The molecule has 0 fully saturated rings. The maximum absolute atomic E-state index is 5.81. The first-order valence-electron chi connectivity index (χ1n) is 6.60. The zero-order valence-electron chi connectivity index (χ0n) is 11.1. The zero-order valence-corrected chi connectivity index (χ0v) is 11.1. The Morgan fingerprint density at radius 3 is 2.80 bits per heavy atom. The van der Waals surface area contributed by atoms with Gasteiger partial charge in [0, 0.05) is 18.1 Å². The van der Waals surface area contributed by atoms with E-state index in [1.54, 1.807) is 6.20 Å². The van der Waals surface area contributed by atoms with Gasteiger partial charge in [-0.1, -0.05) is 24.3 Å². The maximum atomic E-state index is 5.81. The largest absolute Gasteiger partial charge is 0.489 e. The normalized spacial score (nSPS) is 10.7. The van der Waals surface area contributed by atoms with E-state index < -0.39 is 0 Å². The predicted molar refractivity (Wildman–Crippen MR) is 80.4 cm³/mol. The van der Waals surface area contributed by atoms with Crippen LogP contribution in [0.1, 0.15) is 11.1 Å². The number of hydrogen-bond acceptors (Lipinski definition) is 3. The molecule has 0 saturated carbocycles. The highest BCUT2D eigenvalue weighted by Gasteiger charge is 2.00. The first-order chi connectivity index (χ1) is 9.85. The second-order valence-electron chi connectivity index (χ2n) is 4.67. The van der Waals surface area contributed by atoms with E-state index in [0.717, 1.165) is 27.8 Å². The van der Waals surface area contributed by atoms with Gasteiger partial charge in [-0.3, -0.25) is 4.98 Å². The molecular weight excluding hydrogens is 248 g/mol. The van der Waals surface area contributed by atoms with E-state index >= 15 is 0 Å². The fourth-order valence-corrected chi connectivity index (χ4v) is 2.14. The molecule has 0 saturated heterocycles. The van der Waals surface area contributed by atoms with Crippen molar-refractivity contribution in [2.45, 2.75) is 13.2 Å². The Balaban J connectivity index is 1.76. The summed E-state index contributed by atoms with van der Waals surface area (Å²) in [4.78, 5) is 4.31. The highest BCUT2D eigenvalue weighted by Crippen LogP contribution is 2.17. The Morgan fingerprint density at radius 1 is 0.950 bits per heavy atom. The third-order valence-electron chi connectivity index (χ3n) is 3.21. The van der Waals surface area contributed by atoms with Crippen LogP contribution in [-0.4, -0.2) is 4.98 Å². The quantitative estimate of drug-likeness (QED) is 0.786. The minimum absolute atomic E-state index is 0.527. The molecule has 0 aliphatic heterocycles. The molecule has 3 nitrogen and oxygen atoms in total. The van der Waals surface area contributed by atoms with E-state index in [9.17, 15) is 0 Å². The lowest BCUT2D eigenvalue weighted by Gasteiger charge is -2.08. The van der Waals surface area contributed by atoms with Crippen LogP contribution in [0.4, 0.5) is 0 Å². The molecule has 0 radical (unpaired) electrons. The molecule has 20 heavy (non-hydrogen) atoms. The van der Waals surface area contributed by atoms with Gasteiger partial charge in [-0.2, -0.15) is 0 Å². The van der Waals surface area contributed by atoms with Gasteiger partial charge in [0.2, 0.25) is 0 Å². The Morgan fingerprint density at radius 2 is 1.90 bits per heavy atom. The van der Waals surface area contributed by atoms with Crippen LogP contribution in [0, 0.1) is 0 Å². The van der Waals surface area contributed by atoms with E-state index in [0.29, 0.717) is 13.2 Å². The Hall–Kier alpha value is -2.39. The Labute approximate surface area is 118 Å². The molecular formula is C17H16N2O. The zero-order chi connectivity index (χ0) is 13.8. The monoisotopic (exact) mass is 264 g/mol. The average Bonchev–Trinajstić information content (AvgIpc) is 2.53. The average molecular weight is 264 g/mol. The summed E-state index contributed by atoms with van der Waals surface area (Å²) in [5.74, 6) is 0.847. The van der Waals surface area contributed by atoms with Gasteiger partial charge in [0.05, 0.1) is 5.52 Å². The van der Waals surface area contributed by atoms with Crippen LogP contribution in [0.25, 0.3) is 10.9 Å². The number of fused-ring (bicyclic) bond motifs is 1. The molecule has 3 aromatic rings. The van der Waals surface area contributed by atoms with Crippen LogP contribution in [0.5, 0.6) is 5.75 Å². The van der Waals surface area contributed by atoms with Crippen molar-refractivity contribution in [1.29, 1.82) is 0 Å². The molecule has 0 atom stereocenters. The van der Waals surface area contributed by atoms with E-state index in [4.69, 9.17) is 10.5 Å². The van der Waals surface area contributed by atoms with Crippen molar-refractivity contribution in [3.63, 3.8) is 0 Å².